The number of furan rings is 1. The first-order chi connectivity index (χ1) is 9.24. The van der Waals surface area contributed by atoms with Crippen molar-refractivity contribution >= 4 is 17.3 Å². The van der Waals surface area contributed by atoms with Crippen molar-refractivity contribution in [3.05, 3.63) is 42.2 Å². The van der Waals surface area contributed by atoms with Crippen LogP contribution in [-0.4, -0.2) is 25.3 Å². The van der Waals surface area contributed by atoms with Crippen LogP contribution in [0.4, 0.5) is 5.82 Å². The Morgan fingerprint density at radius 1 is 1.47 bits per heavy atom. The Morgan fingerprint density at radius 3 is 3.16 bits per heavy atom. The summed E-state index contributed by atoms with van der Waals surface area (Å²) in [7, 11) is 0. The van der Waals surface area contributed by atoms with Gasteiger partial charge in [0, 0.05) is 11.8 Å². The molecule has 3 heterocycles. The second kappa shape index (κ2) is 4.52. The van der Waals surface area contributed by atoms with Crippen LogP contribution in [-0.2, 0) is 0 Å². The van der Waals surface area contributed by atoms with E-state index < -0.39 is 0 Å². The summed E-state index contributed by atoms with van der Waals surface area (Å²) in [6, 6.07) is 5.52. The lowest BCUT2D eigenvalue weighted by Gasteiger charge is -2.04. The van der Waals surface area contributed by atoms with Gasteiger partial charge in [-0.25, -0.2) is 4.98 Å². The largest absolute Gasteiger partial charge is 0.463 e. The summed E-state index contributed by atoms with van der Waals surface area (Å²) >= 11 is 0. The minimum Gasteiger partial charge on any atom is -0.463 e. The van der Waals surface area contributed by atoms with E-state index >= 15 is 0 Å². The van der Waals surface area contributed by atoms with Crippen LogP contribution in [0.5, 0.6) is 0 Å². The molecule has 0 saturated carbocycles. The van der Waals surface area contributed by atoms with E-state index in [0.29, 0.717) is 17.4 Å². The molecule has 19 heavy (non-hydrogen) atoms. The first-order valence-corrected chi connectivity index (χ1v) is 5.75. The quantitative estimate of drug-likeness (QED) is 0.571. The van der Waals surface area contributed by atoms with Gasteiger partial charge in [-0.3, -0.25) is 5.43 Å². The highest BCUT2D eigenvalue weighted by Crippen LogP contribution is 2.10. The number of aryl methyl sites for hydroxylation is 1. The van der Waals surface area contributed by atoms with Gasteiger partial charge in [-0.2, -0.15) is 19.7 Å². The topological polar surface area (TPSA) is 80.6 Å². The van der Waals surface area contributed by atoms with Crippen LogP contribution >= 0.6 is 0 Å². The van der Waals surface area contributed by atoms with Crippen molar-refractivity contribution in [1.29, 1.82) is 0 Å². The monoisotopic (exact) mass is 256 g/mol. The first kappa shape index (κ1) is 11.4. The van der Waals surface area contributed by atoms with E-state index in [1.165, 1.54) is 6.33 Å². The van der Waals surface area contributed by atoms with E-state index in [9.17, 15) is 0 Å². The molecule has 0 atom stereocenters. The molecular formula is C12H12N6O. The standard InChI is InChI=1S/C12H12N6O/c1-8-6-11(18-12(15-8)13-7-14-18)17-16-9(2)10-4-3-5-19-10/h3-7,17H,1-2H3/b16-9-. The lowest BCUT2D eigenvalue weighted by molar-refractivity contribution is 0.557. The molecule has 0 saturated heterocycles. The highest BCUT2D eigenvalue weighted by atomic mass is 16.3. The third kappa shape index (κ3) is 2.17. The molecule has 7 heteroatoms. The Morgan fingerprint density at radius 2 is 2.37 bits per heavy atom. The number of hydrogen-bond donors (Lipinski definition) is 1. The molecule has 0 bridgehead atoms. The number of hydrazone groups is 1. The van der Waals surface area contributed by atoms with E-state index in [1.54, 1.807) is 10.8 Å². The second-order valence-electron chi connectivity index (χ2n) is 4.04. The fraction of sp³-hybridized carbons (Fsp3) is 0.167. The van der Waals surface area contributed by atoms with Crippen molar-refractivity contribution in [3.8, 4) is 0 Å². The number of rotatable bonds is 3. The lowest BCUT2D eigenvalue weighted by atomic mass is 10.3. The summed E-state index contributed by atoms with van der Waals surface area (Å²) in [4.78, 5) is 8.31. The van der Waals surface area contributed by atoms with Gasteiger partial charge < -0.3 is 4.42 Å². The molecule has 96 valence electrons. The summed E-state index contributed by atoms with van der Waals surface area (Å²) in [5.41, 5.74) is 4.54. The highest BCUT2D eigenvalue weighted by molar-refractivity contribution is 5.96. The van der Waals surface area contributed by atoms with Crippen molar-refractivity contribution in [2.24, 2.45) is 5.10 Å². The third-order valence-corrected chi connectivity index (χ3v) is 2.60. The average molecular weight is 256 g/mol. The normalized spacial score (nSPS) is 12.0. The first-order valence-electron chi connectivity index (χ1n) is 5.75. The van der Waals surface area contributed by atoms with Crippen molar-refractivity contribution < 1.29 is 4.42 Å². The number of nitrogens with zero attached hydrogens (tertiary/aromatic N) is 5. The minimum absolute atomic E-state index is 0.536. The van der Waals surface area contributed by atoms with Crippen LogP contribution in [0.2, 0.25) is 0 Å². The predicted octanol–water partition coefficient (Wildman–Crippen LogP) is 1.86. The van der Waals surface area contributed by atoms with Crippen LogP contribution in [0.3, 0.4) is 0 Å². The molecule has 7 nitrogen and oxygen atoms in total. The summed E-state index contributed by atoms with van der Waals surface area (Å²) < 4.78 is 6.85. The zero-order chi connectivity index (χ0) is 13.2. The zero-order valence-electron chi connectivity index (χ0n) is 10.5. The van der Waals surface area contributed by atoms with Gasteiger partial charge in [-0.05, 0) is 26.0 Å². The SMILES string of the molecule is C/C(=N/Nc1cc(C)nc2ncnn12)c1ccco1. The second-order valence-corrected chi connectivity index (χ2v) is 4.04. The van der Waals surface area contributed by atoms with Crippen LogP contribution < -0.4 is 5.43 Å². The molecular weight excluding hydrogens is 244 g/mol. The Hall–Kier alpha value is -2.70. The fourth-order valence-corrected chi connectivity index (χ4v) is 1.69. The number of anilines is 1. The Bertz CT molecular complexity index is 728. The maximum Gasteiger partial charge on any atom is 0.254 e. The molecule has 3 rings (SSSR count). The maximum absolute atomic E-state index is 5.26. The van der Waals surface area contributed by atoms with E-state index in [-0.39, 0.29) is 0 Å². The molecule has 0 aliphatic heterocycles. The van der Waals surface area contributed by atoms with Gasteiger partial charge in [0.05, 0.1) is 6.26 Å². The van der Waals surface area contributed by atoms with E-state index in [4.69, 9.17) is 4.42 Å². The number of nitrogens with one attached hydrogen (secondary N) is 1. The van der Waals surface area contributed by atoms with Gasteiger partial charge in [0.2, 0.25) is 0 Å². The van der Waals surface area contributed by atoms with Crippen molar-refractivity contribution in [3.63, 3.8) is 0 Å². The minimum atomic E-state index is 0.536. The summed E-state index contributed by atoms with van der Waals surface area (Å²) in [5.74, 6) is 1.95. The Balaban J connectivity index is 1.93. The highest BCUT2D eigenvalue weighted by Gasteiger charge is 2.05. The molecule has 0 radical (unpaired) electrons. The van der Waals surface area contributed by atoms with Crippen molar-refractivity contribution in [1.82, 2.24) is 19.6 Å². The fourth-order valence-electron chi connectivity index (χ4n) is 1.69. The molecule has 1 N–H and O–H groups in total. The molecule has 0 unspecified atom stereocenters. The smallest absolute Gasteiger partial charge is 0.254 e. The third-order valence-electron chi connectivity index (χ3n) is 2.60. The molecule has 0 amide bonds. The van der Waals surface area contributed by atoms with Crippen molar-refractivity contribution in [2.75, 3.05) is 5.43 Å². The van der Waals surface area contributed by atoms with Crippen LogP contribution in [0, 0.1) is 6.92 Å². The zero-order valence-corrected chi connectivity index (χ0v) is 10.5. The number of fused-ring (bicyclic) bond motifs is 1. The van der Waals surface area contributed by atoms with Gasteiger partial charge in [0.1, 0.15) is 17.8 Å². The van der Waals surface area contributed by atoms with Gasteiger partial charge in [0.25, 0.3) is 5.78 Å². The molecule has 3 aromatic heterocycles. The van der Waals surface area contributed by atoms with Gasteiger partial charge in [-0.1, -0.05) is 0 Å². The van der Waals surface area contributed by atoms with Crippen LogP contribution in [0.25, 0.3) is 5.78 Å². The van der Waals surface area contributed by atoms with E-state index in [2.05, 4.69) is 25.6 Å². The number of aromatic nitrogens is 4. The van der Waals surface area contributed by atoms with Gasteiger partial charge in [-0.15, -0.1) is 0 Å². The molecule has 0 aromatic carbocycles. The molecule has 0 aliphatic rings. The summed E-state index contributed by atoms with van der Waals surface area (Å²) in [6.45, 7) is 3.75. The van der Waals surface area contributed by atoms with Crippen molar-refractivity contribution in [2.45, 2.75) is 13.8 Å². The lowest BCUT2D eigenvalue weighted by Crippen LogP contribution is -2.04. The van der Waals surface area contributed by atoms with E-state index in [1.807, 2.05) is 32.0 Å². The van der Waals surface area contributed by atoms with Crippen LogP contribution in [0.15, 0.2) is 40.3 Å². The Kier molecular flexibility index (Phi) is 2.71. The van der Waals surface area contributed by atoms with Gasteiger partial charge in [0.15, 0.2) is 5.82 Å². The molecule has 0 aliphatic carbocycles. The Labute approximate surface area is 109 Å². The average Bonchev–Trinajstić information content (AvgIpc) is 3.05. The van der Waals surface area contributed by atoms with Gasteiger partial charge >= 0.3 is 0 Å². The molecule has 0 spiro atoms. The summed E-state index contributed by atoms with van der Waals surface area (Å²) in [5, 5.41) is 8.35. The predicted molar refractivity (Wildman–Crippen MR) is 70.1 cm³/mol. The summed E-state index contributed by atoms with van der Waals surface area (Å²) in [6.07, 6.45) is 3.07. The molecule has 3 aromatic rings. The van der Waals surface area contributed by atoms with E-state index in [0.717, 1.165) is 11.4 Å². The van der Waals surface area contributed by atoms with Crippen LogP contribution in [0.1, 0.15) is 18.4 Å². The number of hydrogen-bond acceptors (Lipinski definition) is 6. The maximum atomic E-state index is 5.26. The molecule has 0 fully saturated rings.